The second-order valence-corrected chi connectivity index (χ2v) is 7.14. The number of aliphatic hydroxyl groups is 1. The zero-order chi connectivity index (χ0) is 15.6. The Morgan fingerprint density at radius 1 is 1.25 bits per heavy atom. The van der Waals surface area contributed by atoms with Crippen molar-refractivity contribution >= 4 is 26.1 Å². The molecule has 0 atom stereocenters. The summed E-state index contributed by atoms with van der Waals surface area (Å²) in [6.07, 6.45) is 0. The maximum Gasteiger partial charge on any atom is 0.326 e. The average molecular weight is 323 g/mol. The first kappa shape index (κ1) is 16.4. The van der Waals surface area contributed by atoms with E-state index in [1.54, 1.807) is 0 Å². The maximum absolute atomic E-state index is 11.8. The van der Waals surface area contributed by atoms with Crippen molar-refractivity contribution in [3.05, 3.63) is 23.8 Å². The Labute approximate surface area is 115 Å². The third-order valence-corrected chi connectivity index (χ3v) is 5.17. The number of carbonyl (C=O) groups excluding carboxylic acids is 1. The van der Waals surface area contributed by atoms with Crippen molar-refractivity contribution < 1.29 is 26.7 Å². The van der Waals surface area contributed by atoms with Crippen molar-refractivity contribution in [2.24, 2.45) is 5.73 Å². The van der Waals surface area contributed by atoms with Crippen molar-refractivity contribution in [2.75, 3.05) is 7.05 Å². The largest absolute Gasteiger partial charge is 0.392 e. The molecule has 0 aliphatic heterocycles. The van der Waals surface area contributed by atoms with Gasteiger partial charge in [-0.15, -0.1) is 0 Å². The highest BCUT2D eigenvalue weighted by atomic mass is 32.2. The molecule has 0 bridgehead atoms. The number of urea groups is 1. The predicted octanol–water partition coefficient (Wildman–Crippen LogP) is -1.56. The van der Waals surface area contributed by atoms with Gasteiger partial charge in [0.15, 0.2) is 0 Å². The SMILES string of the molecule is CNS(=O)(=O)c1ccc(S(=O)(=O)NC(N)=O)c(CO)c1. The zero-order valence-corrected chi connectivity index (χ0v) is 12.0. The highest BCUT2D eigenvalue weighted by Gasteiger charge is 2.22. The summed E-state index contributed by atoms with van der Waals surface area (Å²) in [6, 6.07) is 1.68. The van der Waals surface area contributed by atoms with Gasteiger partial charge in [-0.1, -0.05) is 0 Å². The molecule has 2 amide bonds. The molecule has 112 valence electrons. The summed E-state index contributed by atoms with van der Waals surface area (Å²) in [5.74, 6) is 0. The van der Waals surface area contributed by atoms with Crippen molar-refractivity contribution in [3.63, 3.8) is 0 Å². The number of carbonyl (C=O) groups is 1. The third kappa shape index (κ3) is 3.45. The van der Waals surface area contributed by atoms with E-state index in [0.717, 1.165) is 18.2 Å². The number of hydrogen-bond donors (Lipinski definition) is 4. The summed E-state index contributed by atoms with van der Waals surface area (Å²) in [4.78, 5) is 9.97. The van der Waals surface area contributed by atoms with Crippen LogP contribution in [-0.2, 0) is 26.7 Å². The molecular formula is C9H13N3O6S2. The minimum atomic E-state index is -4.27. The Kier molecular flexibility index (Phi) is 4.70. The molecular weight excluding hydrogens is 310 g/mol. The van der Waals surface area contributed by atoms with Gasteiger partial charge in [-0.25, -0.2) is 31.1 Å². The molecule has 1 aromatic rings. The normalized spacial score (nSPS) is 12.1. The number of primary amides is 1. The van der Waals surface area contributed by atoms with Crippen LogP contribution in [0.25, 0.3) is 0 Å². The van der Waals surface area contributed by atoms with E-state index >= 15 is 0 Å². The number of aliphatic hydroxyl groups excluding tert-OH is 1. The first-order chi connectivity index (χ1) is 9.14. The summed E-state index contributed by atoms with van der Waals surface area (Å²) in [5.41, 5.74) is 4.55. The second-order valence-electron chi connectivity index (χ2n) is 3.60. The molecule has 20 heavy (non-hydrogen) atoms. The molecule has 1 rings (SSSR count). The van der Waals surface area contributed by atoms with Gasteiger partial charge < -0.3 is 10.8 Å². The highest BCUT2D eigenvalue weighted by Crippen LogP contribution is 2.20. The van der Waals surface area contributed by atoms with Gasteiger partial charge in [0.2, 0.25) is 10.0 Å². The molecule has 0 aliphatic rings. The second kappa shape index (κ2) is 5.75. The van der Waals surface area contributed by atoms with Crippen molar-refractivity contribution in [2.45, 2.75) is 16.4 Å². The van der Waals surface area contributed by atoms with Crippen LogP contribution in [0.1, 0.15) is 5.56 Å². The minimum absolute atomic E-state index is 0.185. The lowest BCUT2D eigenvalue weighted by molar-refractivity contribution is 0.253. The lowest BCUT2D eigenvalue weighted by atomic mass is 10.2. The Morgan fingerprint density at radius 3 is 2.30 bits per heavy atom. The highest BCUT2D eigenvalue weighted by molar-refractivity contribution is 7.90. The Morgan fingerprint density at radius 2 is 1.85 bits per heavy atom. The van der Waals surface area contributed by atoms with E-state index in [9.17, 15) is 21.6 Å². The van der Waals surface area contributed by atoms with E-state index in [1.165, 1.54) is 11.8 Å². The van der Waals surface area contributed by atoms with Crippen LogP contribution < -0.4 is 15.2 Å². The van der Waals surface area contributed by atoms with Crippen LogP contribution in [0.15, 0.2) is 28.0 Å². The summed E-state index contributed by atoms with van der Waals surface area (Å²) >= 11 is 0. The molecule has 0 fully saturated rings. The van der Waals surface area contributed by atoms with Crippen LogP contribution in [0.2, 0.25) is 0 Å². The van der Waals surface area contributed by atoms with Gasteiger partial charge in [-0.2, -0.15) is 0 Å². The molecule has 0 aliphatic carbocycles. The molecule has 1 aromatic carbocycles. The number of amides is 2. The molecule has 0 spiro atoms. The predicted molar refractivity (Wildman–Crippen MR) is 68.5 cm³/mol. The van der Waals surface area contributed by atoms with Crippen LogP contribution in [0.3, 0.4) is 0 Å². The van der Waals surface area contributed by atoms with Gasteiger partial charge in [-0.05, 0) is 30.8 Å². The third-order valence-electron chi connectivity index (χ3n) is 2.31. The van der Waals surface area contributed by atoms with Gasteiger partial charge in [0.05, 0.1) is 16.4 Å². The molecule has 5 N–H and O–H groups in total. The quantitative estimate of drug-likeness (QED) is 0.513. The number of sulfonamides is 2. The lowest BCUT2D eigenvalue weighted by Crippen LogP contribution is -2.35. The monoisotopic (exact) mass is 323 g/mol. The van der Waals surface area contributed by atoms with Crippen molar-refractivity contribution in [1.82, 2.24) is 9.44 Å². The molecule has 0 saturated carbocycles. The summed E-state index contributed by atoms with van der Waals surface area (Å²) in [6.45, 7) is -0.734. The number of hydrogen-bond acceptors (Lipinski definition) is 6. The van der Waals surface area contributed by atoms with Crippen LogP contribution in [0.4, 0.5) is 4.79 Å². The summed E-state index contributed by atoms with van der Waals surface area (Å²) in [5, 5.41) is 9.16. The topological polar surface area (TPSA) is 156 Å². The summed E-state index contributed by atoms with van der Waals surface area (Å²) < 4.78 is 50.2. The number of benzene rings is 1. The molecule has 0 radical (unpaired) electrons. The van der Waals surface area contributed by atoms with Crippen LogP contribution in [0, 0.1) is 0 Å². The smallest absolute Gasteiger partial charge is 0.326 e. The van der Waals surface area contributed by atoms with Gasteiger partial charge >= 0.3 is 6.03 Å². The molecule has 0 unspecified atom stereocenters. The Balaban J connectivity index is 3.43. The fourth-order valence-corrected chi connectivity index (χ4v) is 3.28. The first-order valence-corrected chi connectivity index (χ1v) is 8.10. The summed E-state index contributed by atoms with van der Waals surface area (Å²) in [7, 11) is -6.87. The number of nitrogens with one attached hydrogen (secondary N) is 2. The van der Waals surface area contributed by atoms with Crippen molar-refractivity contribution in [3.8, 4) is 0 Å². The number of rotatable bonds is 5. The maximum atomic E-state index is 11.8. The van der Waals surface area contributed by atoms with Gasteiger partial charge in [0.25, 0.3) is 10.0 Å². The molecule has 9 nitrogen and oxygen atoms in total. The van der Waals surface area contributed by atoms with E-state index in [2.05, 4.69) is 4.72 Å². The van der Waals surface area contributed by atoms with E-state index in [0.29, 0.717) is 0 Å². The molecule has 0 heterocycles. The standard InChI is InChI=1S/C9H13N3O6S2/c1-11-19(15,16)7-2-3-8(6(4-7)5-13)20(17,18)12-9(10)14/h2-4,11,13H,5H2,1H3,(H3,10,12,14). The van der Waals surface area contributed by atoms with Crippen molar-refractivity contribution in [1.29, 1.82) is 0 Å². The minimum Gasteiger partial charge on any atom is -0.392 e. The molecule has 0 saturated heterocycles. The Hall–Kier alpha value is -1.69. The van der Waals surface area contributed by atoms with Gasteiger partial charge in [0.1, 0.15) is 0 Å². The van der Waals surface area contributed by atoms with Crippen LogP contribution in [0.5, 0.6) is 0 Å². The van der Waals surface area contributed by atoms with E-state index in [1.807, 2.05) is 0 Å². The molecule has 0 aromatic heterocycles. The average Bonchev–Trinajstić information content (AvgIpc) is 2.36. The van der Waals surface area contributed by atoms with Crippen LogP contribution >= 0.6 is 0 Å². The van der Waals surface area contributed by atoms with Gasteiger partial charge in [0, 0.05) is 0 Å². The fourth-order valence-electron chi connectivity index (χ4n) is 1.41. The molecule has 11 heteroatoms. The zero-order valence-electron chi connectivity index (χ0n) is 10.3. The van der Waals surface area contributed by atoms with E-state index in [4.69, 9.17) is 10.8 Å². The van der Waals surface area contributed by atoms with Gasteiger partial charge in [-0.3, -0.25) is 0 Å². The number of nitrogens with two attached hydrogens (primary N) is 1. The first-order valence-electron chi connectivity index (χ1n) is 5.13. The van der Waals surface area contributed by atoms with E-state index in [-0.39, 0.29) is 10.5 Å². The van der Waals surface area contributed by atoms with E-state index < -0.39 is 37.6 Å². The van der Waals surface area contributed by atoms with Crippen LogP contribution in [-0.4, -0.2) is 35.0 Å². The Bertz CT molecular complexity index is 726. The lowest BCUT2D eigenvalue weighted by Gasteiger charge is -2.11. The fraction of sp³-hybridized carbons (Fsp3) is 0.222.